The fourth-order valence-corrected chi connectivity index (χ4v) is 1.76. The predicted octanol–water partition coefficient (Wildman–Crippen LogP) is 1.72. The smallest absolute Gasteiger partial charge is 0.392 e. The quantitative estimate of drug-likeness (QED) is 0.748. The first kappa shape index (κ1) is 14.6. The van der Waals surface area contributed by atoms with Crippen LogP contribution in [0.25, 0.3) is 0 Å². The van der Waals surface area contributed by atoms with Crippen LogP contribution in [0.4, 0.5) is 13.2 Å². The molecule has 0 saturated carbocycles. The SMILES string of the molecule is CSCC(N)CC(CC(=O)O)C(F)(F)F. The normalized spacial score (nSPS) is 16.1. The lowest BCUT2D eigenvalue weighted by Crippen LogP contribution is -2.34. The summed E-state index contributed by atoms with van der Waals surface area (Å²) < 4.78 is 37.1. The number of hydrogen-bond acceptors (Lipinski definition) is 3. The molecule has 0 aliphatic carbocycles. The molecule has 0 aliphatic rings. The van der Waals surface area contributed by atoms with Crippen molar-refractivity contribution >= 4 is 17.7 Å². The van der Waals surface area contributed by atoms with E-state index in [4.69, 9.17) is 10.8 Å². The largest absolute Gasteiger partial charge is 0.481 e. The fourth-order valence-electron chi connectivity index (χ4n) is 1.19. The molecule has 0 aromatic carbocycles. The molecular weight excluding hydrogens is 231 g/mol. The first-order valence-electron chi connectivity index (χ1n) is 4.30. The number of aliphatic carboxylic acids is 1. The van der Waals surface area contributed by atoms with Gasteiger partial charge in [-0.1, -0.05) is 0 Å². The molecule has 2 atom stereocenters. The third-order valence-electron chi connectivity index (χ3n) is 1.85. The van der Waals surface area contributed by atoms with E-state index in [1.165, 1.54) is 11.8 Å². The standard InChI is InChI=1S/C8H14F3NO2S/c1-15-4-6(12)2-5(3-7(13)14)8(9,10)11/h5-6H,2-4,12H2,1H3,(H,13,14). The highest BCUT2D eigenvalue weighted by Gasteiger charge is 2.41. The van der Waals surface area contributed by atoms with Crippen molar-refractivity contribution in [1.29, 1.82) is 0 Å². The Hall–Kier alpha value is -0.430. The van der Waals surface area contributed by atoms with Gasteiger partial charge in [-0.05, 0) is 12.7 Å². The van der Waals surface area contributed by atoms with Crippen LogP contribution in [-0.2, 0) is 4.79 Å². The van der Waals surface area contributed by atoms with Crippen LogP contribution in [0, 0.1) is 5.92 Å². The van der Waals surface area contributed by atoms with E-state index in [2.05, 4.69) is 0 Å². The summed E-state index contributed by atoms with van der Waals surface area (Å²) in [4.78, 5) is 10.2. The molecular formula is C8H14F3NO2S. The van der Waals surface area contributed by atoms with Crippen LogP contribution in [-0.4, -0.2) is 35.3 Å². The molecule has 0 heterocycles. The Morgan fingerprint density at radius 3 is 2.40 bits per heavy atom. The molecule has 0 spiro atoms. The Labute approximate surface area is 90.2 Å². The molecule has 3 N–H and O–H groups in total. The van der Waals surface area contributed by atoms with Crippen molar-refractivity contribution in [3.63, 3.8) is 0 Å². The fraction of sp³-hybridized carbons (Fsp3) is 0.875. The molecule has 15 heavy (non-hydrogen) atoms. The molecule has 0 aromatic heterocycles. The summed E-state index contributed by atoms with van der Waals surface area (Å²) in [6, 6.07) is -0.619. The third-order valence-corrected chi connectivity index (χ3v) is 2.61. The lowest BCUT2D eigenvalue weighted by atomic mass is 9.97. The molecule has 0 radical (unpaired) electrons. The molecule has 0 saturated heterocycles. The maximum atomic E-state index is 12.4. The van der Waals surface area contributed by atoms with E-state index >= 15 is 0 Å². The van der Waals surface area contributed by atoms with E-state index in [0.717, 1.165) is 0 Å². The van der Waals surface area contributed by atoms with E-state index in [1.54, 1.807) is 6.26 Å². The molecule has 0 aliphatic heterocycles. The number of thioether (sulfide) groups is 1. The van der Waals surface area contributed by atoms with Crippen LogP contribution in [0.2, 0.25) is 0 Å². The first-order chi connectivity index (χ1) is 6.77. The van der Waals surface area contributed by atoms with Gasteiger partial charge in [-0.15, -0.1) is 0 Å². The van der Waals surface area contributed by atoms with Crippen molar-refractivity contribution in [1.82, 2.24) is 0 Å². The summed E-state index contributed by atoms with van der Waals surface area (Å²) in [6.45, 7) is 0. The Kier molecular flexibility index (Phi) is 6.04. The zero-order chi connectivity index (χ0) is 12.1. The number of carbonyl (C=O) groups is 1. The number of alkyl halides is 3. The van der Waals surface area contributed by atoms with Crippen molar-refractivity contribution in [3.05, 3.63) is 0 Å². The minimum atomic E-state index is -4.49. The van der Waals surface area contributed by atoms with Crippen LogP contribution in [0.5, 0.6) is 0 Å². The minimum Gasteiger partial charge on any atom is -0.481 e. The van der Waals surface area contributed by atoms with E-state index in [-0.39, 0.29) is 6.42 Å². The van der Waals surface area contributed by atoms with Crippen molar-refractivity contribution in [2.75, 3.05) is 12.0 Å². The van der Waals surface area contributed by atoms with Gasteiger partial charge < -0.3 is 10.8 Å². The second kappa shape index (κ2) is 6.22. The number of carboxylic acids is 1. The summed E-state index contributed by atoms with van der Waals surface area (Å²) in [6.07, 6.45) is -4.00. The molecule has 0 aromatic rings. The molecule has 0 amide bonds. The van der Waals surface area contributed by atoms with Crippen molar-refractivity contribution in [3.8, 4) is 0 Å². The Morgan fingerprint density at radius 2 is 2.07 bits per heavy atom. The molecule has 0 bridgehead atoms. The number of nitrogens with two attached hydrogens (primary N) is 1. The van der Waals surface area contributed by atoms with Crippen LogP contribution in [0.3, 0.4) is 0 Å². The van der Waals surface area contributed by atoms with E-state index in [1.807, 2.05) is 0 Å². The summed E-state index contributed by atoms with van der Waals surface area (Å²) in [7, 11) is 0. The Balaban J connectivity index is 4.31. The van der Waals surface area contributed by atoms with Crippen molar-refractivity contribution in [2.45, 2.75) is 25.1 Å². The predicted molar refractivity (Wildman–Crippen MR) is 52.8 cm³/mol. The van der Waals surface area contributed by atoms with Crippen LogP contribution in [0.15, 0.2) is 0 Å². The summed E-state index contributed by atoms with van der Waals surface area (Å²) in [5.74, 6) is -2.91. The second-order valence-corrected chi connectivity index (χ2v) is 4.20. The average molecular weight is 245 g/mol. The lowest BCUT2D eigenvalue weighted by molar-refractivity contribution is -0.185. The first-order valence-corrected chi connectivity index (χ1v) is 5.69. The van der Waals surface area contributed by atoms with Crippen molar-refractivity contribution < 1.29 is 23.1 Å². The topological polar surface area (TPSA) is 63.3 Å². The maximum Gasteiger partial charge on any atom is 0.392 e. The van der Waals surface area contributed by atoms with Gasteiger partial charge in [0.2, 0.25) is 0 Å². The molecule has 90 valence electrons. The van der Waals surface area contributed by atoms with E-state index in [0.29, 0.717) is 5.75 Å². The van der Waals surface area contributed by atoms with Gasteiger partial charge in [0, 0.05) is 11.8 Å². The molecule has 0 fully saturated rings. The minimum absolute atomic E-state index is 0.337. The number of halogens is 3. The molecule has 7 heteroatoms. The maximum absolute atomic E-state index is 12.4. The number of carboxylic acid groups (broad SMARTS) is 1. The Morgan fingerprint density at radius 1 is 1.53 bits per heavy atom. The van der Waals surface area contributed by atoms with Gasteiger partial charge in [-0.2, -0.15) is 24.9 Å². The van der Waals surface area contributed by atoms with E-state index < -0.39 is 30.5 Å². The highest BCUT2D eigenvalue weighted by atomic mass is 32.2. The molecule has 3 nitrogen and oxygen atoms in total. The zero-order valence-electron chi connectivity index (χ0n) is 8.25. The number of hydrogen-bond donors (Lipinski definition) is 2. The van der Waals surface area contributed by atoms with Gasteiger partial charge in [0.1, 0.15) is 0 Å². The zero-order valence-corrected chi connectivity index (χ0v) is 9.07. The second-order valence-electron chi connectivity index (χ2n) is 3.29. The van der Waals surface area contributed by atoms with Crippen LogP contribution in [0.1, 0.15) is 12.8 Å². The highest BCUT2D eigenvalue weighted by Crippen LogP contribution is 2.32. The molecule has 0 rings (SSSR count). The van der Waals surface area contributed by atoms with Crippen molar-refractivity contribution in [2.24, 2.45) is 11.7 Å². The van der Waals surface area contributed by atoms with Gasteiger partial charge in [0.05, 0.1) is 12.3 Å². The van der Waals surface area contributed by atoms with Crippen LogP contribution >= 0.6 is 11.8 Å². The average Bonchev–Trinajstić information content (AvgIpc) is 2.00. The van der Waals surface area contributed by atoms with Gasteiger partial charge in [-0.3, -0.25) is 4.79 Å². The van der Waals surface area contributed by atoms with Gasteiger partial charge in [0.15, 0.2) is 0 Å². The van der Waals surface area contributed by atoms with Gasteiger partial charge >= 0.3 is 12.1 Å². The molecule has 2 unspecified atom stereocenters. The Bertz CT molecular complexity index is 211. The van der Waals surface area contributed by atoms with E-state index in [9.17, 15) is 18.0 Å². The van der Waals surface area contributed by atoms with Crippen LogP contribution < -0.4 is 5.73 Å². The summed E-state index contributed by atoms with van der Waals surface area (Å²) in [5.41, 5.74) is 5.44. The summed E-state index contributed by atoms with van der Waals surface area (Å²) >= 11 is 1.34. The number of rotatable bonds is 6. The lowest BCUT2D eigenvalue weighted by Gasteiger charge is -2.21. The highest BCUT2D eigenvalue weighted by molar-refractivity contribution is 7.98. The summed E-state index contributed by atoms with van der Waals surface area (Å²) in [5, 5.41) is 8.34. The monoisotopic (exact) mass is 245 g/mol. The van der Waals surface area contributed by atoms with Gasteiger partial charge in [-0.25, -0.2) is 0 Å². The van der Waals surface area contributed by atoms with Gasteiger partial charge in [0.25, 0.3) is 0 Å². The third kappa shape index (κ3) is 6.62.